The molecule has 1 atom stereocenters. The first kappa shape index (κ1) is 24.8. The number of anilines is 1. The van der Waals surface area contributed by atoms with E-state index in [2.05, 4.69) is 15.0 Å². The van der Waals surface area contributed by atoms with E-state index >= 15 is 0 Å². The quantitative estimate of drug-likeness (QED) is 0.399. The average molecular weight is 541 g/mol. The van der Waals surface area contributed by atoms with Crippen LogP contribution in [-0.4, -0.2) is 42.2 Å². The molecule has 1 amide bonds. The van der Waals surface area contributed by atoms with Crippen molar-refractivity contribution in [2.75, 3.05) is 12.0 Å². The molecule has 1 N–H and O–H groups in total. The van der Waals surface area contributed by atoms with E-state index in [0.29, 0.717) is 27.1 Å². The molecule has 1 aliphatic heterocycles. The van der Waals surface area contributed by atoms with Gasteiger partial charge in [0.05, 0.1) is 23.4 Å². The first-order chi connectivity index (χ1) is 17.6. The summed E-state index contributed by atoms with van der Waals surface area (Å²) in [6.07, 6.45) is 2.87. The molecule has 1 unspecified atom stereocenters. The number of halogens is 2. The number of nitrogens with zero attached hydrogens (tertiary/aromatic N) is 6. The van der Waals surface area contributed by atoms with Crippen molar-refractivity contribution in [1.82, 2.24) is 24.1 Å². The zero-order valence-electron chi connectivity index (χ0n) is 20.3. The van der Waals surface area contributed by atoms with Crippen molar-refractivity contribution in [3.05, 3.63) is 80.1 Å². The van der Waals surface area contributed by atoms with Crippen LogP contribution in [0.25, 0.3) is 11.4 Å². The van der Waals surface area contributed by atoms with Crippen molar-refractivity contribution in [1.29, 1.82) is 0 Å². The molecule has 0 bridgehead atoms. The van der Waals surface area contributed by atoms with Gasteiger partial charge in [-0.2, -0.15) is 4.98 Å². The number of hydrogen-bond acceptors (Lipinski definition) is 7. The van der Waals surface area contributed by atoms with E-state index in [1.54, 1.807) is 31.3 Å². The highest BCUT2D eigenvalue weighted by atomic mass is 35.5. The van der Waals surface area contributed by atoms with Crippen LogP contribution in [0.4, 0.5) is 5.69 Å². The molecule has 10 nitrogen and oxygen atoms in total. The van der Waals surface area contributed by atoms with Gasteiger partial charge in [-0.05, 0) is 37.6 Å². The van der Waals surface area contributed by atoms with E-state index in [4.69, 9.17) is 27.9 Å². The van der Waals surface area contributed by atoms with Gasteiger partial charge in [0.15, 0.2) is 5.69 Å². The molecule has 190 valence electrons. The van der Waals surface area contributed by atoms with E-state index in [1.807, 2.05) is 18.4 Å². The molecule has 0 spiro atoms. The number of aryl methyl sites for hydroxylation is 1. The molecule has 1 aliphatic rings. The molecule has 0 saturated carbocycles. The van der Waals surface area contributed by atoms with Crippen molar-refractivity contribution < 1.29 is 14.6 Å². The summed E-state index contributed by atoms with van der Waals surface area (Å²) >= 11 is 12.4. The van der Waals surface area contributed by atoms with Crippen molar-refractivity contribution in [3.63, 3.8) is 0 Å². The van der Waals surface area contributed by atoms with Crippen LogP contribution in [-0.2, 0) is 7.05 Å². The van der Waals surface area contributed by atoms with Crippen LogP contribution >= 0.6 is 23.2 Å². The van der Waals surface area contributed by atoms with Crippen molar-refractivity contribution in [2.45, 2.75) is 25.9 Å². The second-order valence-electron chi connectivity index (χ2n) is 8.82. The molecule has 4 heterocycles. The third kappa shape index (κ3) is 4.02. The summed E-state index contributed by atoms with van der Waals surface area (Å²) in [6, 6.07) is 7.57. The summed E-state index contributed by atoms with van der Waals surface area (Å²) < 4.78 is 8.16. The SMILES string of the molecule is COc1ncc(-c2nc3c(n2C(C)C)C(c2ccc(Cl)cc2)N(c2cc(Cl)cn(C)c2=O)C3=O)c(O)n1. The normalized spacial score (nSPS) is 14.9. The molecule has 0 fully saturated rings. The number of methoxy groups -OCH3 is 1. The minimum absolute atomic E-state index is 0.00506. The smallest absolute Gasteiger partial charge is 0.319 e. The summed E-state index contributed by atoms with van der Waals surface area (Å²) in [5, 5.41) is 11.5. The minimum Gasteiger partial charge on any atom is -0.493 e. The zero-order chi connectivity index (χ0) is 26.6. The van der Waals surface area contributed by atoms with Crippen LogP contribution in [0.3, 0.4) is 0 Å². The molecular formula is C25H22Cl2N6O4. The molecule has 5 rings (SSSR count). The van der Waals surface area contributed by atoms with Gasteiger partial charge in [0, 0.05) is 30.5 Å². The van der Waals surface area contributed by atoms with Gasteiger partial charge in [-0.25, -0.2) is 9.97 Å². The Morgan fingerprint density at radius 2 is 1.78 bits per heavy atom. The molecule has 3 aromatic heterocycles. The minimum atomic E-state index is -0.726. The molecule has 0 aliphatic carbocycles. The molecular weight excluding hydrogens is 519 g/mol. The maximum absolute atomic E-state index is 13.9. The maximum atomic E-state index is 13.9. The number of imidazole rings is 1. The Balaban J connectivity index is 1.80. The van der Waals surface area contributed by atoms with Gasteiger partial charge in [0.1, 0.15) is 17.6 Å². The second kappa shape index (κ2) is 9.20. The average Bonchev–Trinajstić information content (AvgIpc) is 3.37. The Morgan fingerprint density at radius 3 is 2.41 bits per heavy atom. The number of amides is 1. The highest BCUT2D eigenvalue weighted by molar-refractivity contribution is 6.31. The molecule has 4 aromatic rings. The molecule has 37 heavy (non-hydrogen) atoms. The highest BCUT2D eigenvalue weighted by Crippen LogP contribution is 2.45. The van der Waals surface area contributed by atoms with E-state index in [9.17, 15) is 14.7 Å². The summed E-state index contributed by atoms with van der Waals surface area (Å²) in [7, 11) is 2.96. The zero-order valence-corrected chi connectivity index (χ0v) is 21.8. The Kier molecular flexibility index (Phi) is 6.17. The number of benzene rings is 1. The van der Waals surface area contributed by atoms with E-state index in [-0.39, 0.29) is 40.4 Å². The number of carbonyl (C=O) groups is 1. The van der Waals surface area contributed by atoms with Crippen LogP contribution in [0.15, 0.2) is 47.5 Å². The largest absolute Gasteiger partial charge is 0.493 e. The van der Waals surface area contributed by atoms with Crippen molar-refractivity contribution in [2.24, 2.45) is 7.05 Å². The number of carbonyl (C=O) groups excluding carboxylic acids is 1. The van der Waals surface area contributed by atoms with E-state index in [1.165, 1.54) is 35.0 Å². The second-order valence-corrected chi connectivity index (χ2v) is 9.69. The van der Waals surface area contributed by atoms with Gasteiger partial charge < -0.3 is 19.0 Å². The Hall–Kier alpha value is -3.89. The van der Waals surface area contributed by atoms with Gasteiger partial charge in [0.25, 0.3) is 11.5 Å². The first-order valence-electron chi connectivity index (χ1n) is 11.3. The van der Waals surface area contributed by atoms with Gasteiger partial charge in [-0.1, -0.05) is 35.3 Å². The van der Waals surface area contributed by atoms with Gasteiger partial charge in [-0.15, -0.1) is 0 Å². The predicted octanol–water partition coefficient (Wildman–Crippen LogP) is 4.39. The van der Waals surface area contributed by atoms with E-state index in [0.717, 1.165) is 0 Å². The molecule has 12 heteroatoms. The fourth-order valence-electron chi connectivity index (χ4n) is 4.57. The third-order valence-electron chi connectivity index (χ3n) is 6.15. The van der Waals surface area contributed by atoms with Crippen molar-refractivity contribution in [3.8, 4) is 23.3 Å². The Morgan fingerprint density at radius 1 is 1.08 bits per heavy atom. The monoisotopic (exact) mass is 540 g/mol. The van der Waals surface area contributed by atoms with Crippen LogP contribution in [0.5, 0.6) is 11.9 Å². The summed E-state index contributed by atoms with van der Waals surface area (Å²) in [5.74, 6) is -0.511. The predicted molar refractivity (Wildman–Crippen MR) is 139 cm³/mol. The summed E-state index contributed by atoms with van der Waals surface area (Å²) in [4.78, 5) is 41.2. The Bertz CT molecular complexity index is 1600. The van der Waals surface area contributed by atoms with Crippen LogP contribution in [0.1, 0.15) is 47.7 Å². The van der Waals surface area contributed by atoms with Gasteiger partial charge in [-0.3, -0.25) is 14.5 Å². The molecule has 0 saturated heterocycles. The number of ether oxygens (including phenoxy) is 1. The summed E-state index contributed by atoms with van der Waals surface area (Å²) in [6.45, 7) is 3.86. The first-order valence-corrected chi connectivity index (χ1v) is 12.1. The van der Waals surface area contributed by atoms with E-state index < -0.39 is 11.9 Å². The topological polar surface area (TPSA) is 115 Å². The third-order valence-corrected chi connectivity index (χ3v) is 6.61. The van der Waals surface area contributed by atoms with Gasteiger partial charge >= 0.3 is 6.01 Å². The molecule has 0 radical (unpaired) electrons. The summed E-state index contributed by atoms with van der Waals surface area (Å²) in [5.41, 5.74) is 1.36. The van der Waals surface area contributed by atoms with Crippen LogP contribution in [0, 0.1) is 0 Å². The number of aromatic nitrogens is 5. The fraction of sp³-hybridized carbons (Fsp3) is 0.240. The fourth-order valence-corrected chi connectivity index (χ4v) is 4.95. The number of aromatic hydroxyl groups is 1. The lowest BCUT2D eigenvalue weighted by Gasteiger charge is -2.28. The van der Waals surface area contributed by atoms with Crippen molar-refractivity contribution >= 4 is 34.8 Å². The maximum Gasteiger partial charge on any atom is 0.319 e. The van der Waals surface area contributed by atoms with Gasteiger partial charge in [0.2, 0.25) is 5.88 Å². The lowest BCUT2D eigenvalue weighted by Crippen LogP contribution is -2.36. The number of pyridine rings is 1. The lowest BCUT2D eigenvalue weighted by molar-refractivity contribution is 0.0989. The Labute approximate surface area is 221 Å². The molecule has 1 aromatic carbocycles. The lowest BCUT2D eigenvalue weighted by atomic mass is 10.0. The van der Waals surface area contributed by atoms with Crippen LogP contribution < -0.4 is 15.2 Å². The number of rotatable bonds is 5. The standard InChI is InChI=1S/C25H22Cl2N6O4/c1-12(2)32-20-18(29-21(32)16-10-28-25(37-4)30-22(16)34)24(36)33(17-9-15(27)11-31(3)23(17)35)19(20)13-5-7-14(26)8-6-13/h5-12,19H,1-4H3,(H,28,30,34). The number of hydrogen-bond donors (Lipinski definition) is 1. The number of fused-ring (bicyclic) bond motifs is 1. The highest BCUT2D eigenvalue weighted by Gasteiger charge is 2.46. The van der Waals surface area contributed by atoms with Crippen LogP contribution in [0.2, 0.25) is 10.0 Å².